The molecule has 5 nitrogen and oxygen atoms in total. The minimum absolute atomic E-state index is 0.0233. The van der Waals surface area contributed by atoms with Gasteiger partial charge in [0.2, 0.25) is 5.91 Å². The van der Waals surface area contributed by atoms with Crippen LogP contribution in [0.3, 0.4) is 0 Å². The van der Waals surface area contributed by atoms with E-state index in [1.165, 1.54) is 22.6 Å². The third kappa shape index (κ3) is 4.05. The van der Waals surface area contributed by atoms with Crippen LogP contribution >= 0.6 is 11.3 Å². The molecule has 3 rings (SSSR count). The molecule has 1 unspecified atom stereocenters. The van der Waals surface area contributed by atoms with Crippen LogP contribution in [-0.4, -0.2) is 46.2 Å². The van der Waals surface area contributed by atoms with Gasteiger partial charge in [0, 0.05) is 37.3 Å². The number of ether oxygens (including phenoxy) is 1. The second-order valence-corrected chi connectivity index (χ2v) is 7.40. The van der Waals surface area contributed by atoms with Crippen LogP contribution in [0.1, 0.15) is 31.6 Å². The monoisotopic (exact) mass is 347 g/mol. The number of unbranched alkanes of at least 4 members (excludes halogenated alkanes) is 1. The van der Waals surface area contributed by atoms with Gasteiger partial charge in [-0.2, -0.15) is 0 Å². The number of imidazole rings is 1. The largest absolute Gasteiger partial charge is 0.373 e. The third-order valence-electron chi connectivity index (χ3n) is 4.36. The van der Waals surface area contributed by atoms with Gasteiger partial charge in [-0.3, -0.25) is 4.79 Å². The van der Waals surface area contributed by atoms with Crippen LogP contribution in [0.4, 0.5) is 0 Å². The number of rotatable bonds is 6. The Hall–Kier alpha value is -1.66. The van der Waals surface area contributed by atoms with Crippen molar-refractivity contribution in [3.63, 3.8) is 0 Å². The molecule has 24 heavy (non-hydrogen) atoms. The van der Waals surface area contributed by atoms with Gasteiger partial charge >= 0.3 is 0 Å². The maximum atomic E-state index is 11.6. The van der Waals surface area contributed by atoms with Crippen LogP contribution in [0.5, 0.6) is 0 Å². The first kappa shape index (κ1) is 17.2. The van der Waals surface area contributed by atoms with Crippen LogP contribution in [0.15, 0.2) is 24.5 Å². The summed E-state index contributed by atoms with van der Waals surface area (Å²) in [4.78, 5) is 20.6. The molecule has 130 valence electrons. The Labute approximate surface area is 147 Å². The molecule has 0 aliphatic carbocycles. The number of morpholine rings is 1. The smallest absolute Gasteiger partial charge is 0.219 e. The van der Waals surface area contributed by atoms with Gasteiger partial charge in [0.15, 0.2) is 0 Å². The summed E-state index contributed by atoms with van der Waals surface area (Å²) in [7, 11) is 0. The fourth-order valence-corrected chi connectivity index (χ4v) is 4.06. The standard InChI is InChI=1S/C18H25N3O2S/c1-3-4-5-16-6-7-17(24-16)18-19-8-9-21(18)13-15-12-20(14(2)22)10-11-23-15/h6-9,15H,3-5,10-13H2,1-2H3. The highest BCUT2D eigenvalue weighted by Gasteiger charge is 2.23. The summed E-state index contributed by atoms with van der Waals surface area (Å²) in [6, 6.07) is 4.38. The number of carbonyl (C=O) groups excluding carboxylic acids is 1. The van der Waals surface area contributed by atoms with E-state index in [0.717, 1.165) is 18.8 Å². The molecule has 1 aliphatic heterocycles. The fourth-order valence-electron chi connectivity index (χ4n) is 3.00. The molecular formula is C18H25N3O2S. The topological polar surface area (TPSA) is 47.4 Å². The highest BCUT2D eigenvalue weighted by Crippen LogP contribution is 2.28. The molecule has 6 heteroatoms. The first-order valence-electron chi connectivity index (χ1n) is 8.64. The molecule has 1 aliphatic rings. The van der Waals surface area contributed by atoms with E-state index in [1.807, 2.05) is 28.6 Å². The maximum Gasteiger partial charge on any atom is 0.219 e. The molecule has 1 atom stereocenters. The van der Waals surface area contributed by atoms with Crippen molar-refractivity contribution in [1.82, 2.24) is 14.5 Å². The molecule has 2 aromatic heterocycles. The number of aromatic nitrogens is 2. The van der Waals surface area contributed by atoms with E-state index in [9.17, 15) is 4.79 Å². The van der Waals surface area contributed by atoms with Crippen molar-refractivity contribution in [3.8, 4) is 10.7 Å². The zero-order chi connectivity index (χ0) is 16.9. The molecule has 1 fully saturated rings. The van der Waals surface area contributed by atoms with Gasteiger partial charge in [-0.05, 0) is 25.0 Å². The number of carbonyl (C=O) groups is 1. The van der Waals surface area contributed by atoms with E-state index in [2.05, 4.69) is 28.6 Å². The van der Waals surface area contributed by atoms with Crippen molar-refractivity contribution in [2.24, 2.45) is 0 Å². The SMILES string of the molecule is CCCCc1ccc(-c2nccn2CC2CN(C(C)=O)CCO2)s1. The van der Waals surface area contributed by atoms with Crippen molar-refractivity contribution in [2.45, 2.75) is 45.8 Å². The summed E-state index contributed by atoms with van der Waals surface area (Å²) in [5.74, 6) is 1.11. The van der Waals surface area contributed by atoms with Crippen LogP contribution in [0.2, 0.25) is 0 Å². The first-order valence-corrected chi connectivity index (χ1v) is 9.46. The number of thiophene rings is 1. The summed E-state index contributed by atoms with van der Waals surface area (Å²) < 4.78 is 7.98. The lowest BCUT2D eigenvalue weighted by molar-refractivity contribution is -0.136. The number of amides is 1. The Kier molecular flexibility index (Phi) is 5.68. The van der Waals surface area contributed by atoms with E-state index in [0.29, 0.717) is 19.7 Å². The number of nitrogens with zero attached hydrogens (tertiary/aromatic N) is 3. The van der Waals surface area contributed by atoms with Gasteiger partial charge in [-0.15, -0.1) is 11.3 Å². The van der Waals surface area contributed by atoms with Gasteiger partial charge < -0.3 is 14.2 Å². The molecule has 1 amide bonds. The second kappa shape index (κ2) is 7.94. The quantitative estimate of drug-likeness (QED) is 0.806. The van der Waals surface area contributed by atoms with E-state index in [1.54, 1.807) is 6.92 Å². The number of aryl methyl sites for hydroxylation is 1. The van der Waals surface area contributed by atoms with E-state index >= 15 is 0 Å². The van der Waals surface area contributed by atoms with Crippen LogP contribution in [0.25, 0.3) is 10.7 Å². The molecule has 0 radical (unpaired) electrons. The zero-order valence-corrected chi connectivity index (χ0v) is 15.2. The van der Waals surface area contributed by atoms with Crippen molar-refractivity contribution >= 4 is 17.2 Å². The Balaban J connectivity index is 1.69. The molecule has 0 spiro atoms. The summed E-state index contributed by atoms with van der Waals surface area (Å²) >= 11 is 1.82. The summed E-state index contributed by atoms with van der Waals surface area (Å²) in [5.41, 5.74) is 0. The van der Waals surface area contributed by atoms with Gasteiger partial charge in [0.05, 0.1) is 24.1 Å². The maximum absolute atomic E-state index is 11.6. The van der Waals surface area contributed by atoms with Crippen LogP contribution < -0.4 is 0 Å². The fraction of sp³-hybridized carbons (Fsp3) is 0.556. The van der Waals surface area contributed by atoms with Crippen molar-refractivity contribution in [1.29, 1.82) is 0 Å². The minimum Gasteiger partial charge on any atom is -0.373 e. The lowest BCUT2D eigenvalue weighted by atomic mass is 10.2. The van der Waals surface area contributed by atoms with Gasteiger partial charge in [0.25, 0.3) is 0 Å². The summed E-state index contributed by atoms with van der Waals surface area (Å²) in [6.07, 6.45) is 7.44. The lowest BCUT2D eigenvalue weighted by Crippen LogP contribution is -2.46. The summed E-state index contributed by atoms with van der Waals surface area (Å²) in [5, 5.41) is 0. The first-order chi connectivity index (χ1) is 11.7. The Morgan fingerprint density at radius 2 is 2.33 bits per heavy atom. The molecule has 2 aromatic rings. The van der Waals surface area contributed by atoms with Gasteiger partial charge in [-0.25, -0.2) is 4.98 Å². The van der Waals surface area contributed by atoms with Crippen molar-refractivity contribution in [2.75, 3.05) is 19.7 Å². The second-order valence-electron chi connectivity index (χ2n) is 6.23. The van der Waals surface area contributed by atoms with Crippen LogP contribution in [0, 0.1) is 0 Å². The molecule has 3 heterocycles. The summed E-state index contributed by atoms with van der Waals surface area (Å²) in [6.45, 7) is 6.51. The molecule has 0 aromatic carbocycles. The average molecular weight is 347 g/mol. The van der Waals surface area contributed by atoms with Crippen molar-refractivity contribution < 1.29 is 9.53 Å². The Bertz CT molecular complexity index is 679. The van der Waals surface area contributed by atoms with Crippen LogP contribution in [-0.2, 0) is 22.5 Å². The zero-order valence-electron chi connectivity index (χ0n) is 14.4. The van der Waals surface area contributed by atoms with E-state index in [4.69, 9.17) is 4.74 Å². The molecule has 0 saturated carbocycles. The number of hydrogen-bond acceptors (Lipinski definition) is 4. The van der Waals surface area contributed by atoms with Gasteiger partial charge in [0.1, 0.15) is 5.82 Å². The third-order valence-corrected chi connectivity index (χ3v) is 5.50. The highest BCUT2D eigenvalue weighted by atomic mass is 32.1. The van der Waals surface area contributed by atoms with Crippen molar-refractivity contribution in [3.05, 3.63) is 29.4 Å². The minimum atomic E-state index is 0.0233. The lowest BCUT2D eigenvalue weighted by Gasteiger charge is -2.32. The Morgan fingerprint density at radius 3 is 3.12 bits per heavy atom. The van der Waals surface area contributed by atoms with Gasteiger partial charge in [-0.1, -0.05) is 13.3 Å². The van der Waals surface area contributed by atoms with E-state index in [-0.39, 0.29) is 12.0 Å². The highest BCUT2D eigenvalue weighted by molar-refractivity contribution is 7.15. The normalized spacial score (nSPS) is 18.1. The Morgan fingerprint density at radius 1 is 1.46 bits per heavy atom. The number of hydrogen-bond donors (Lipinski definition) is 0. The predicted molar refractivity (Wildman–Crippen MR) is 96.1 cm³/mol. The molecule has 0 bridgehead atoms. The molecular weight excluding hydrogens is 322 g/mol. The average Bonchev–Trinajstić information content (AvgIpc) is 3.22. The van der Waals surface area contributed by atoms with E-state index < -0.39 is 0 Å². The predicted octanol–water partition coefficient (Wildman–Crippen LogP) is 3.20. The molecule has 0 N–H and O–H groups in total. The molecule has 1 saturated heterocycles.